The molecule has 1 heterocycles. The second kappa shape index (κ2) is 5.62. The maximum atomic E-state index is 13.3. The summed E-state index contributed by atoms with van der Waals surface area (Å²) in [6, 6.07) is 12.2. The minimum atomic E-state index is -0.416. The zero-order valence-corrected chi connectivity index (χ0v) is 12.7. The highest BCUT2D eigenvalue weighted by molar-refractivity contribution is 9.10. The van der Waals surface area contributed by atoms with Crippen molar-refractivity contribution in [1.29, 1.82) is 0 Å². The topological polar surface area (TPSA) is 18.5 Å². The Kier molecular flexibility index (Phi) is 3.85. The van der Waals surface area contributed by atoms with Gasteiger partial charge in [-0.2, -0.15) is 0 Å². The number of ether oxygens (including phenoxy) is 2. The van der Waals surface area contributed by atoms with Crippen LogP contribution < -0.4 is 9.47 Å². The van der Waals surface area contributed by atoms with Gasteiger partial charge in [0.05, 0.1) is 9.85 Å². The van der Waals surface area contributed by atoms with E-state index in [1.807, 2.05) is 24.3 Å². The predicted octanol–water partition coefficient (Wildman–Crippen LogP) is 4.71. The first-order valence-electron chi connectivity index (χ1n) is 6.12. The molecular formula is C15H11BrClFO2. The van der Waals surface area contributed by atoms with Crippen LogP contribution in [-0.2, 0) is 0 Å². The van der Waals surface area contributed by atoms with Gasteiger partial charge in [0.25, 0.3) is 0 Å². The van der Waals surface area contributed by atoms with E-state index in [0.29, 0.717) is 22.6 Å². The molecule has 0 N–H and O–H groups in total. The van der Waals surface area contributed by atoms with Crippen molar-refractivity contribution in [1.82, 2.24) is 0 Å². The van der Waals surface area contributed by atoms with E-state index in [4.69, 9.17) is 21.1 Å². The van der Waals surface area contributed by atoms with Gasteiger partial charge in [0, 0.05) is 0 Å². The van der Waals surface area contributed by atoms with Crippen LogP contribution in [-0.4, -0.2) is 12.7 Å². The van der Waals surface area contributed by atoms with Crippen LogP contribution in [0.3, 0.4) is 0 Å². The van der Waals surface area contributed by atoms with Crippen molar-refractivity contribution in [2.45, 2.75) is 11.5 Å². The maximum Gasteiger partial charge on any atom is 0.161 e. The van der Waals surface area contributed by atoms with Crippen molar-refractivity contribution in [2.24, 2.45) is 0 Å². The Morgan fingerprint density at radius 3 is 2.70 bits per heavy atom. The van der Waals surface area contributed by atoms with Crippen LogP contribution in [0.15, 0.2) is 46.9 Å². The molecule has 1 aliphatic heterocycles. The van der Waals surface area contributed by atoms with Crippen LogP contribution in [0, 0.1) is 5.82 Å². The number of halogens is 3. The summed E-state index contributed by atoms with van der Waals surface area (Å²) in [5, 5.41) is -0.416. The monoisotopic (exact) mass is 356 g/mol. The Balaban J connectivity index is 1.82. The molecule has 2 atom stereocenters. The van der Waals surface area contributed by atoms with Crippen LogP contribution >= 0.6 is 27.5 Å². The fraction of sp³-hybridized carbons (Fsp3) is 0.200. The molecule has 2 nitrogen and oxygen atoms in total. The van der Waals surface area contributed by atoms with Gasteiger partial charge >= 0.3 is 0 Å². The molecule has 5 heteroatoms. The van der Waals surface area contributed by atoms with E-state index in [0.717, 1.165) is 5.56 Å². The van der Waals surface area contributed by atoms with Crippen LogP contribution in [0.1, 0.15) is 10.9 Å². The SMILES string of the molecule is Fc1ccc(C(Cl)C2COc3ccccc3O2)cc1Br. The average Bonchev–Trinajstić information content (AvgIpc) is 2.49. The quantitative estimate of drug-likeness (QED) is 0.725. The molecule has 1 aliphatic rings. The molecule has 0 bridgehead atoms. The average molecular weight is 358 g/mol. The van der Waals surface area contributed by atoms with E-state index in [-0.39, 0.29) is 11.9 Å². The molecule has 2 unspecified atom stereocenters. The predicted molar refractivity (Wildman–Crippen MR) is 79.0 cm³/mol. The molecule has 2 aromatic rings. The van der Waals surface area contributed by atoms with Crippen LogP contribution in [0.5, 0.6) is 11.5 Å². The van der Waals surface area contributed by atoms with E-state index in [1.54, 1.807) is 12.1 Å². The number of fused-ring (bicyclic) bond motifs is 1. The van der Waals surface area contributed by atoms with Gasteiger partial charge in [-0.05, 0) is 45.8 Å². The van der Waals surface area contributed by atoms with E-state index >= 15 is 0 Å². The van der Waals surface area contributed by atoms with Gasteiger partial charge in [-0.15, -0.1) is 11.6 Å². The molecule has 0 amide bonds. The van der Waals surface area contributed by atoms with Crippen LogP contribution in [0.25, 0.3) is 0 Å². The number of hydrogen-bond donors (Lipinski definition) is 0. The van der Waals surface area contributed by atoms with E-state index in [1.165, 1.54) is 6.07 Å². The summed E-state index contributed by atoms with van der Waals surface area (Å²) in [6.45, 7) is 0.361. The first-order valence-corrected chi connectivity index (χ1v) is 7.35. The first-order chi connectivity index (χ1) is 9.65. The van der Waals surface area contributed by atoms with Gasteiger partial charge in [-0.25, -0.2) is 4.39 Å². The van der Waals surface area contributed by atoms with Crippen molar-refractivity contribution in [2.75, 3.05) is 6.61 Å². The second-order valence-electron chi connectivity index (χ2n) is 4.49. The minimum absolute atomic E-state index is 0.316. The zero-order valence-electron chi connectivity index (χ0n) is 10.4. The molecule has 20 heavy (non-hydrogen) atoms. The molecule has 104 valence electrons. The van der Waals surface area contributed by atoms with E-state index in [2.05, 4.69) is 15.9 Å². The van der Waals surface area contributed by atoms with Crippen molar-refractivity contribution in [3.63, 3.8) is 0 Å². The van der Waals surface area contributed by atoms with E-state index < -0.39 is 5.38 Å². The molecular weight excluding hydrogens is 347 g/mol. The van der Waals surface area contributed by atoms with Gasteiger partial charge in [-0.1, -0.05) is 18.2 Å². The lowest BCUT2D eigenvalue weighted by Crippen LogP contribution is -2.32. The van der Waals surface area contributed by atoms with Crippen LogP contribution in [0.2, 0.25) is 0 Å². The van der Waals surface area contributed by atoms with Gasteiger partial charge in [0.15, 0.2) is 17.6 Å². The molecule has 0 spiro atoms. The molecule has 2 aromatic carbocycles. The van der Waals surface area contributed by atoms with Gasteiger partial charge < -0.3 is 9.47 Å². The lowest BCUT2D eigenvalue weighted by atomic mass is 10.1. The van der Waals surface area contributed by atoms with E-state index in [9.17, 15) is 4.39 Å². The van der Waals surface area contributed by atoms with Gasteiger partial charge in [0.1, 0.15) is 12.4 Å². The molecule has 0 saturated carbocycles. The molecule has 0 radical (unpaired) electrons. The Bertz CT molecular complexity index is 635. The third kappa shape index (κ3) is 2.63. The van der Waals surface area contributed by atoms with Gasteiger partial charge in [-0.3, -0.25) is 0 Å². The number of benzene rings is 2. The fourth-order valence-electron chi connectivity index (χ4n) is 2.08. The smallest absolute Gasteiger partial charge is 0.161 e. The Labute approximate surface area is 129 Å². The summed E-state index contributed by atoms with van der Waals surface area (Å²) in [5.41, 5.74) is 0.785. The molecule has 0 fully saturated rings. The zero-order chi connectivity index (χ0) is 14.1. The molecule has 0 aliphatic carbocycles. The normalized spacial score (nSPS) is 18.6. The molecule has 0 saturated heterocycles. The largest absolute Gasteiger partial charge is 0.486 e. The Hall–Kier alpha value is -1.26. The number of rotatable bonds is 2. The van der Waals surface area contributed by atoms with Gasteiger partial charge in [0.2, 0.25) is 0 Å². The number of hydrogen-bond acceptors (Lipinski definition) is 2. The number of para-hydroxylation sites is 2. The number of alkyl halides is 1. The standard InChI is InChI=1S/C15H11BrClFO2/c16-10-7-9(5-6-11(10)18)15(17)14-8-19-12-3-1-2-4-13(12)20-14/h1-7,14-15H,8H2. The third-order valence-electron chi connectivity index (χ3n) is 3.12. The summed E-state index contributed by atoms with van der Waals surface area (Å²) in [7, 11) is 0. The Morgan fingerprint density at radius 1 is 1.20 bits per heavy atom. The summed E-state index contributed by atoms with van der Waals surface area (Å²) >= 11 is 9.59. The van der Waals surface area contributed by atoms with Crippen LogP contribution in [0.4, 0.5) is 4.39 Å². The summed E-state index contributed by atoms with van der Waals surface area (Å²) in [5.74, 6) is 1.08. The highest BCUT2D eigenvalue weighted by atomic mass is 79.9. The lowest BCUT2D eigenvalue weighted by Gasteiger charge is -2.29. The first kappa shape index (κ1) is 13.7. The van der Waals surface area contributed by atoms with Crippen molar-refractivity contribution < 1.29 is 13.9 Å². The Morgan fingerprint density at radius 2 is 1.95 bits per heavy atom. The lowest BCUT2D eigenvalue weighted by molar-refractivity contribution is 0.0877. The molecule has 0 aromatic heterocycles. The summed E-state index contributed by atoms with van der Waals surface area (Å²) < 4.78 is 25.1. The van der Waals surface area contributed by atoms with Crippen molar-refractivity contribution in [3.8, 4) is 11.5 Å². The highest BCUT2D eigenvalue weighted by Gasteiger charge is 2.29. The minimum Gasteiger partial charge on any atom is -0.486 e. The van der Waals surface area contributed by atoms with Crippen molar-refractivity contribution >= 4 is 27.5 Å². The van der Waals surface area contributed by atoms with Crippen molar-refractivity contribution in [3.05, 3.63) is 58.3 Å². The fourth-order valence-corrected chi connectivity index (χ4v) is 2.73. The second-order valence-corrected chi connectivity index (χ2v) is 5.81. The maximum absolute atomic E-state index is 13.3. The summed E-state index contributed by atoms with van der Waals surface area (Å²) in [6.07, 6.45) is -0.316. The third-order valence-corrected chi connectivity index (χ3v) is 4.26. The highest BCUT2D eigenvalue weighted by Crippen LogP contribution is 2.37. The summed E-state index contributed by atoms with van der Waals surface area (Å²) in [4.78, 5) is 0. The molecule has 3 rings (SSSR count).